The number of anilines is 2. The summed E-state index contributed by atoms with van der Waals surface area (Å²) >= 11 is 0. The van der Waals surface area contributed by atoms with E-state index in [1.807, 2.05) is 30.3 Å². The Bertz CT molecular complexity index is 878. The van der Waals surface area contributed by atoms with Gasteiger partial charge >= 0.3 is 0 Å². The van der Waals surface area contributed by atoms with Gasteiger partial charge in [-0.1, -0.05) is 12.1 Å². The van der Waals surface area contributed by atoms with Gasteiger partial charge in [-0.05, 0) is 35.9 Å². The molecule has 4 N–H and O–H groups in total. The fourth-order valence-corrected chi connectivity index (χ4v) is 2.38. The van der Waals surface area contributed by atoms with Crippen LogP contribution in [-0.2, 0) is 6.54 Å². The number of fused-ring (bicyclic) bond motifs is 1. The summed E-state index contributed by atoms with van der Waals surface area (Å²) in [4.78, 5) is 20.0. The number of carbonyl (C=O) groups is 1. The van der Waals surface area contributed by atoms with E-state index in [0.29, 0.717) is 23.7 Å². The minimum atomic E-state index is -0.128. The van der Waals surface area contributed by atoms with Crippen molar-refractivity contribution in [3.05, 3.63) is 59.9 Å². The molecule has 0 bridgehead atoms. The maximum atomic E-state index is 11.5. The van der Waals surface area contributed by atoms with Gasteiger partial charge in [-0.15, -0.1) is 0 Å². The van der Waals surface area contributed by atoms with Crippen LogP contribution in [0.4, 0.5) is 11.5 Å². The first-order valence-corrected chi connectivity index (χ1v) is 7.18. The summed E-state index contributed by atoms with van der Waals surface area (Å²) in [6, 6.07) is 13.0. The van der Waals surface area contributed by atoms with E-state index in [1.54, 1.807) is 18.3 Å². The van der Waals surface area contributed by atoms with Crippen molar-refractivity contribution in [3.63, 3.8) is 0 Å². The second-order valence-corrected chi connectivity index (χ2v) is 5.32. The van der Waals surface area contributed by atoms with E-state index in [2.05, 4.69) is 9.97 Å². The molecule has 2 heterocycles. The molecule has 6 heteroatoms. The van der Waals surface area contributed by atoms with E-state index in [0.717, 1.165) is 16.5 Å². The molecule has 1 aromatic carbocycles. The Kier molecular flexibility index (Phi) is 3.91. The van der Waals surface area contributed by atoms with Gasteiger partial charge in [-0.2, -0.15) is 0 Å². The smallest absolute Gasteiger partial charge is 0.178 e. The van der Waals surface area contributed by atoms with Crippen molar-refractivity contribution in [2.75, 3.05) is 10.7 Å². The number of nitrogens with zero attached hydrogens (tertiary/aromatic N) is 3. The lowest BCUT2D eigenvalue weighted by Crippen LogP contribution is -2.32. The van der Waals surface area contributed by atoms with Gasteiger partial charge in [0, 0.05) is 18.5 Å². The average molecular weight is 307 g/mol. The summed E-state index contributed by atoms with van der Waals surface area (Å²) in [5, 5.41) is 2.48. The zero-order valence-corrected chi connectivity index (χ0v) is 12.7. The van der Waals surface area contributed by atoms with Gasteiger partial charge in [-0.25, -0.2) is 10.8 Å². The number of hydrogen-bond acceptors (Lipinski definition) is 6. The van der Waals surface area contributed by atoms with Crippen LogP contribution >= 0.6 is 0 Å². The summed E-state index contributed by atoms with van der Waals surface area (Å²) in [7, 11) is 0. The van der Waals surface area contributed by atoms with Crippen LogP contribution in [0.5, 0.6) is 0 Å². The Labute approximate surface area is 133 Å². The highest BCUT2D eigenvalue weighted by molar-refractivity contribution is 5.93. The quantitative estimate of drug-likeness (QED) is 0.436. The van der Waals surface area contributed by atoms with Gasteiger partial charge in [0.05, 0.1) is 17.7 Å². The van der Waals surface area contributed by atoms with E-state index < -0.39 is 0 Å². The number of nitrogen functional groups attached to an aromatic ring is 1. The van der Waals surface area contributed by atoms with Gasteiger partial charge < -0.3 is 5.73 Å². The number of carbonyl (C=O) groups excluding carboxylic acids is 1. The molecule has 0 amide bonds. The van der Waals surface area contributed by atoms with Crippen LogP contribution in [0.3, 0.4) is 0 Å². The molecule has 3 aromatic rings. The van der Waals surface area contributed by atoms with E-state index in [4.69, 9.17) is 11.6 Å². The highest BCUT2D eigenvalue weighted by Crippen LogP contribution is 2.21. The fraction of sp³-hybridized carbons (Fsp3) is 0.118. The summed E-state index contributed by atoms with van der Waals surface area (Å²) in [6.45, 7) is 1.88. The molecule has 6 nitrogen and oxygen atoms in total. The van der Waals surface area contributed by atoms with Crippen LogP contribution in [0.25, 0.3) is 10.9 Å². The number of ketones is 1. The van der Waals surface area contributed by atoms with Crippen molar-refractivity contribution in [2.45, 2.75) is 13.5 Å². The second kappa shape index (κ2) is 6.02. The molecular formula is C17H17N5O. The number of aromatic nitrogens is 2. The Morgan fingerprint density at radius 3 is 2.83 bits per heavy atom. The third-order valence-electron chi connectivity index (χ3n) is 3.56. The number of rotatable bonds is 4. The van der Waals surface area contributed by atoms with Crippen molar-refractivity contribution in [1.82, 2.24) is 9.97 Å². The Hall–Kier alpha value is -2.99. The molecule has 23 heavy (non-hydrogen) atoms. The molecule has 0 spiro atoms. The van der Waals surface area contributed by atoms with Gasteiger partial charge in [0.25, 0.3) is 0 Å². The third-order valence-corrected chi connectivity index (χ3v) is 3.56. The van der Waals surface area contributed by atoms with Crippen molar-refractivity contribution < 1.29 is 4.79 Å². The van der Waals surface area contributed by atoms with Crippen molar-refractivity contribution in [2.24, 2.45) is 5.84 Å². The molecule has 0 aliphatic rings. The number of benzene rings is 1. The molecule has 0 fully saturated rings. The zero-order chi connectivity index (χ0) is 16.4. The summed E-state index contributed by atoms with van der Waals surface area (Å²) < 4.78 is 0. The molecule has 0 aliphatic heterocycles. The monoisotopic (exact) mass is 307 g/mol. The normalized spacial score (nSPS) is 10.7. The largest absolute Gasteiger partial charge is 0.396 e. The maximum Gasteiger partial charge on any atom is 0.178 e. The summed E-state index contributed by atoms with van der Waals surface area (Å²) in [5.74, 6) is 6.37. The van der Waals surface area contributed by atoms with Crippen LogP contribution < -0.4 is 16.6 Å². The first-order valence-electron chi connectivity index (χ1n) is 7.18. The van der Waals surface area contributed by atoms with Gasteiger partial charge in [0.15, 0.2) is 11.6 Å². The fourth-order valence-electron chi connectivity index (χ4n) is 2.38. The molecule has 0 unspecified atom stereocenters. The van der Waals surface area contributed by atoms with Crippen molar-refractivity contribution >= 4 is 28.2 Å². The van der Waals surface area contributed by atoms with E-state index in [-0.39, 0.29) is 5.78 Å². The molecular weight excluding hydrogens is 290 g/mol. The predicted octanol–water partition coefficient (Wildman–Crippen LogP) is 2.29. The summed E-state index contributed by atoms with van der Waals surface area (Å²) in [6.07, 6.45) is 1.76. The van der Waals surface area contributed by atoms with Crippen LogP contribution in [0, 0.1) is 0 Å². The number of hydrazine groups is 1. The molecule has 0 saturated heterocycles. The van der Waals surface area contributed by atoms with Crippen molar-refractivity contribution in [1.29, 1.82) is 0 Å². The van der Waals surface area contributed by atoms with E-state index >= 15 is 0 Å². The maximum absolute atomic E-state index is 11.5. The average Bonchev–Trinajstić information content (AvgIpc) is 2.54. The van der Waals surface area contributed by atoms with Crippen LogP contribution in [0.2, 0.25) is 0 Å². The number of pyridine rings is 2. The molecule has 0 saturated carbocycles. The SMILES string of the molecule is CC(=O)c1ccc(N)c(N(N)Cc2ccc3ncccc3c2)n1. The number of nitrogens with two attached hydrogens (primary N) is 2. The van der Waals surface area contributed by atoms with Crippen molar-refractivity contribution in [3.8, 4) is 0 Å². The first kappa shape index (κ1) is 14.9. The Morgan fingerprint density at radius 1 is 1.22 bits per heavy atom. The highest BCUT2D eigenvalue weighted by atomic mass is 16.1. The van der Waals surface area contributed by atoms with E-state index in [1.165, 1.54) is 11.9 Å². The lowest BCUT2D eigenvalue weighted by molar-refractivity contribution is 0.101. The topological polar surface area (TPSA) is 98.1 Å². The first-order chi connectivity index (χ1) is 11.0. The Balaban J connectivity index is 1.89. The lowest BCUT2D eigenvalue weighted by atomic mass is 10.1. The lowest BCUT2D eigenvalue weighted by Gasteiger charge is -2.20. The molecule has 0 atom stereocenters. The van der Waals surface area contributed by atoms with Gasteiger partial charge in [0.1, 0.15) is 5.69 Å². The zero-order valence-electron chi connectivity index (χ0n) is 12.7. The molecule has 2 aromatic heterocycles. The molecule has 3 rings (SSSR count). The van der Waals surface area contributed by atoms with Crippen LogP contribution in [-0.4, -0.2) is 15.8 Å². The highest BCUT2D eigenvalue weighted by Gasteiger charge is 2.12. The van der Waals surface area contributed by atoms with Gasteiger partial charge in [-0.3, -0.25) is 14.8 Å². The number of Topliss-reactive ketones (excluding diaryl/α,β-unsaturated/α-hetero) is 1. The third kappa shape index (κ3) is 3.12. The minimum absolute atomic E-state index is 0.128. The second-order valence-electron chi connectivity index (χ2n) is 5.32. The van der Waals surface area contributed by atoms with Crippen LogP contribution in [0.15, 0.2) is 48.7 Å². The Morgan fingerprint density at radius 2 is 2.04 bits per heavy atom. The standard InChI is InChI=1S/C17H17N5O/c1-11(23)15-7-5-14(18)17(21-15)22(19)10-12-4-6-16-13(9-12)3-2-8-20-16/h2-9H,10,18-19H2,1H3. The summed E-state index contributed by atoms with van der Waals surface area (Å²) in [5.41, 5.74) is 8.63. The van der Waals surface area contributed by atoms with E-state index in [9.17, 15) is 4.79 Å². The molecule has 0 aliphatic carbocycles. The van der Waals surface area contributed by atoms with Crippen LogP contribution in [0.1, 0.15) is 23.0 Å². The predicted molar refractivity (Wildman–Crippen MR) is 90.8 cm³/mol. The molecule has 116 valence electrons. The van der Waals surface area contributed by atoms with Gasteiger partial charge in [0.2, 0.25) is 0 Å². The molecule has 0 radical (unpaired) electrons. The number of hydrogen-bond donors (Lipinski definition) is 2. The minimum Gasteiger partial charge on any atom is -0.396 e.